The molecule has 1 fully saturated rings. The van der Waals surface area contributed by atoms with E-state index in [9.17, 15) is 4.79 Å². The van der Waals surface area contributed by atoms with Gasteiger partial charge in [0.05, 0.1) is 25.4 Å². The minimum atomic E-state index is -0.101. The number of amides is 1. The molecule has 1 saturated heterocycles. The third kappa shape index (κ3) is 4.88. The molecule has 2 rings (SSSR count). The molecular formula is C15H21ClN2O3. The molecule has 0 bridgehead atoms. The van der Waals surface area contributed by atoms with Gasteiger partial charge >= 0.3 is 0 Å². The van der Waals surface area contributed by atoms with Gasteiger partial charge in [0.15, 0.2) is 0 Å². The second kappa shape index (κ2) is 7.64. The summed E-state index contributed by atoms with van der Waals surface area (Å²) in [6.07, 6.45) is 2.40. The smallest absolute Gasteiger partial charge is 0.238 e. The van der Waals surface area contributed by atoms with Crippen molar-refractivity contribution in [3.8, 4) is 5.75 Å². The van der Waals surface area contributed by atoms with Crippen molar-refractivity contribution in [3.63, 3.8) is 0 Å². The van der Waals surface area contributed by atoms with Crippen LogP contribution in [0.15, 0.2) is 18.2 Å². The molecule has 0 spiro atoms. The number of hydrogen-bond donors (Lipinski definition) is 1. The Balaban J connectivity index is 1.87. The number of rotatable bonds is 6. The van der Waals surface area contributed by atoms with Gasteiger partial charge in [-0.15, -0.1) is 0 Å². The molecule has 1 aliphatic rings. The van der Waals surface area contributed by atoms with Crippen LogP contribution in [0.3, 0.4) is 0 Å². The molecule has 1 aromatic rings. The van der Waals surface area contributed by atoms with Crippen LogP contribution in [-0.4, -0.2) is 50.8 Å². The van der Waals surface area contributed by atoms with Gasteiger partial charge in [0, 0.05) is 18.2 Å². The van der Waals surface area contributed by atoms with Crippen molar-refractivity contribution in [1.82, 2.24) is 4.90 Å². The number of benzene rings is 1. The average molecular weight is 313 g/mol. The van der Waals surface area contributed by atoms with Crippen LogP contribution in [0.5, 0.6) is 5.75 Å². The highest BCUT2D eigenvalue weighted by atomic mass is 35.5. The van der Waals surface area contributed by atoms with Crippen molar-refractivity contribution in [2.24, 2.45) is 0 Å². The van der Waals surface area contributed by atoms with E-state index in [1.165, 1.54) is 0 Å². The number of carbonyl (C=O) groups excluding carboxylic acids is 1. The monoisotopic (exact) mass is 312 g/mol. The summed E-state index contributed by atoms with van der Waals surface area (Å²) in [6, 6.07) is 5.13. The molecule has 116 valence electrons. The zero-order valence-corrected chi connectivity index (χ0v) is 13.2. The third-order valence-corrected chi connectivity index (χ3v) is 3.62. The number of anilines is 1. The van der Waals surface area contributed by atoms with E-state index in [0.717, 1.165) is 26.0 Å². The lowest BCUT2D eigenvalue weighted by atomic mass is 10.2. The number of halogens is 1. The van der Waals surface area contributed by atoms with E-state index in [4.69, 9.17) is 21.1 Å². The molecule has 0 radical (unpaired) electrons. The number of methoxy groups -OCH3 is 1. The maximum Gasteiger partial charge on any atom is 0.238 e. The highest BCUT2D eigenvalue weighted by molar-refractivity contribution is 6.31. The van der Waals surface area contributed by atoms with Crippen molar-refractivity contribution < 1.29 is 14.3 Å². The highest BCUT2D eigenvalue weighted by Crippen LogP contribution is 2.27. The molecule has 1 aliphatic heterocycles. The minimum absolute atomic E-state index is 0.101. The van der Waals surface area contributed by atoms with Crippen molar-refractivity contribution in [2.45, 2.75) is 18.9 Å². The first kappa shape index (κ1) is 16.1. The zero-order valence-electron chi connectivity index (χ0n) is 12.4. The van der Waals surface area contributed by atoms with E-state index in [0.29, 0.717) is 23.0 Å². The zero-order chi connectivity index (χ0) is 15.2. The quantitative estimate of drug-likeness (QED) is 0.876. The van der Waals surface area contributed by atoms with E-state index in [1.54, 1.807) is 25.3 Å². The lowest BCUT2D eigenvalue weighted by Gasteiger charge is -2.20. The number of likely N-dealkylation sites (N-methyl/N-ethyl adjacent to an activating group) is 1. The summed E-state index contributed by atoms with van der Waals surface area (Å²) < 4.78 is 10.8. The molecule has 1 amide bonds. The van der Waals surface area contributed by atoms with E-state index >= 15 is 0 Å². The molecule has 1 N–H and O–H groups in total. The lowest BCUT2D eigenvalue weighted by Crippen LogP contribution is -2.35. The number of hydrogen-bond acceptors (Lipinski definition) is 4. The van der Waals surface area contributed by atoms with Crippen molar-refractivity contribution in [1.29, 1.82) is 0 Å². The fourth-order valence-corrected chi connectivity index (χ4v) is 2.59. The van der Waals surface area contributed by atoms with Gasteiger partial charge in [0.1, 0.15) is 5.75 Å². The SMILES string of the molecule is COc1ccc(Cl)cc1NC(=O)CN(C)CC1CCCO1. The van der Waals surface area contributed by atoms with Gasteiger partial charge in [-0.3, -0.25) is 9.69 Å². The van der Waals surface area contributed by atoms with Gasteiger partial charge in [0.25, 0.3) is 0 Å². The van der Waals surface area contributed by atoms with Crippen LogP contribution in [0.4, 0.5) is 5.69 Å². The van der Waals surface area contributed by atoms with Gasteiger partial charge in [-0.1, -0.05) is 11.6 Å². The Labute approximate surface area is 130 Å². The summed E-state index contributed by atoms with van der Waals surface area (Å²) in [5, 5.41) is 3.38. The Morgan fingerprint density at radius 2 is 2.38 bits per heavy atom. The molecule has 0 aromatic heterocycles. The van der Waals surface area contributed by atoms with Crippen LogP contribution >= 0.6 is 11.6 Å². The van der Waals surface area contributed by atoms with Crippen LogP contribution in [0.25, 0.3) is 0 Å². The molecule has 21 heavy (non-hydrogen) atoms. The van der Waals surface area contributed by atoms with E-state index in [-0.39, 0.29) is 12.0 Å². The standard InChI is InChI=1S/C15H21ClN2O3/c1-18(9-12-4-3-7-21-12)10-15(19)17-13-8-11(16)5-6-14(13)20-2/h5-6,8,12H,3-4,7,9-10H2,1-2H3,(H,17,19). The summed E-state index contributed by atoms with van der Waals surface area (Å²) >= 11 is 5.94. The Kier molecular flexibility index (Phi) is 5.85. The minimum Gasteiger partial charge on any atom is -0.495 e. The topological polar surface area (TPSA) is 50.8 Å². The highest BCUT2D eigenvalue weighted by Gasteiger charge is 2.19. The maximum atomic E-state index is 12.1. The summed E-state index contributed by atoms with van der Waals surface area (Å²) in [5.74, 6) is 0.491. The molecule has 1 atom stereocenters. The lowest BCUT2D eigenvalue weighted by molar-refractivity contribution is -0.117. The number of carbonyl (C=O) groups is 1. The summed E-state index contributed by atoms with van der Waals surface area (Å²) in [6.45, 7) is 1.89. The normalized spacial score (nSPS) is 18.0. The Morgan fingerprint density at radius 3 is 3.05 bits per heavy atom. The first-order chi connectivity index (χ1) is 10.1. The van der Waals surface area contributed by atoms with Gasteiger partial charge in [-0.05, 0) is 38.1 Å². The second-order valence-electron chi connectivity index (χ2n) is 5.22. The summed E-state index contributed by atoms with van der Waals surface area (Å²) in [5.41, 5.74) is 0.584. The molecule has 1 aromatic carbocycles. The molecule has 5 nitrogen and oxygen atoms in total. The summed E-state index contributed by atoms with van der Waals surface area (Å²) in [7, 11) is 3.47. The van der Waals surface area contributed by atoms with Crippen molar-refractivity contribution >= 4 is 23.2 Å². The molecule has 0 aliphatic carbocycles. The Bertz CT molecular complexity index is 490. The second-order valence-corrected chi connectivity index (χ2v) is 5.66. The predicted octanol–water partition coefficient (Wildman–Crippen LogP) is 2.40. The summed E-state index contributed by atoms with van der Waals surface area (Å²) in [4.78, 5) is 14.0. The third-order valence-electron chi connectivity index (χ3n) is 3.39. The van der Waals surface area contributed by atoms with Crippen molar-refractivity contribution in [3.05, 3.63) is 23.2 Å². The Hall–Kier alpha value is -1.30. The largest absolute Gasteiger partial charge is 0.495 e. The van der Waals surface area contributed by atoms with Crippen LogP contribution in [0.2, 0.25) is 5.02 Å². The Morgan fingerprint density at radius 1 is 1.57 bits per heavy atom. The van der Waals surface area contributed by atoms with E-state index in [2.05, 4.69) is 5.32 Å². The first-order valence-electron chi connectivity index (χ1n) is 7.02. The molecular weight excluding hydrogens is 292 g/mol. The van der Waals surface area contributed by atoms with E-state index in [1.807, 2.05) is 11.9 Å². The maximum absolute atomic E-state index is 12.1. The average Bonchev–Trinajstić information content (AvgIpc) is 2.91. The van der Waals surface area contributed by atoms with E-state index < -0.39 is 0 Å². The number of ether oxygens (including phenoxy) is 2. The van der Waals surface area contributed by atoms with Crippen LogP contribution in [0.1, 0.15) is 12.8 Å². The van der Waals surface area contributed by atoms with Crippen molar-refractivity contribution in [2.75, 3.05) is 39.2 Å². The number of nitrogens with one attached hydrogen (secondary N) is 1. The molecule has 0 saturated carbocycles. The predicted molar refractivity (Wildman–Crippen MR) is 83.1 cm³/mol. The molecule has 1 heterocycles. The van der Waals surface area contributed by atoms with Gasteiger partial charge in [-0.25, -0.2) is 0 Å². The molecule has 6 heteroatoms. The molecule has 1 unspecified atom stereocenters. The fraction of sp³-hybridized carbons (Fsp3) is 0.533. The van der Waals surface area contributed by atoms with Crippen LogP contribution in [0, 0.1) is 0 Å². The first-order valence-corrected chi connectivity index (χ1v) is 7.40. The fourth-order valence-electron chi connectivity index (χ4n) is 2.41. The van der Waals surface area contributed by atoms with Gasteiger partial charge in [0.2, 0.25) is 5.91 Å². The van der Waals surface area contributed by atoms with Crippen LogP contribution < -0.4 is 10.1 Å². The van der Waals surface area contributed by atoms with Gasteiger partial charge in [-0.2, -0.15) is 0 Å². The van der Waals surface area contributed by atoms with Crippen LogP contribution in [-0.2, 0) is 9.53 Å². The number of nitrogens with zero attached hydrogens (tertiary/aromatic N) is 1. The van der Waals surface area contributed by atoms with Gasteiger partial charge < -0.3 is 14.8 Å².